The first kappa shape index (κ1) is 14.9. The molecule has 1 N–H and O–H groups in total. The monoisotopic (exact) mass is 328 g/mol. The van der Waals surface area contributed by atoms with Crippen molar-refractivity contribution < 1.29 is 9.53 Å². The van der Waals surface area contributed by atoms with Gasteiger partial charge in [0.05, 0.1) is 11.7 Å². The Bertz CT molecular complexity index is 898. The second kappa shape index (κ2) is 5.47. The molecule has 0 spiro atoms. The van der Waals surface area contributed by atoms with Crippen LogP contribution in [0.5, 0.6) is 0 Å². The van der Waals surface area contributed by atoms with Crippen molar-refractivity contribution in [1.29, 1.82) is 0 Å². The maximum atomic E-state index is 11.8. The van der Waals surface area contributed by atoms with Crippen molar-refractivity contribution in [3.8, 4) is 0 Å². The predicted octanol–water partition coefficient (Wildman–Crippen LogP) is 2.19. The molecule has 3 heterocycles. The van der Waals surface area contributed by atoms with Crippen LogP contribution in [0.15, 0.2) is 18.5 Å². The van der Waals surface area contributed by atoms with Crippen LogP contribution in [-0.4, -0.2) is 55.8 Å². The van der Waals surface area contributed by atoms with Crippen molar-refractivity contribution in [3.63, 3.8) is 0 Å². The lowest BCUT2D eigenvalue weighted by Crippen LogP contribution is -2.27. The minimum atomic E-state index is -0.295. The van der Waals surface area contributed by atoms with Crippen molar-refractivity contribution in [2.24, 2.45) is 5.92 Å². The molecular weight excluding hydrogens is 308 g/mol. The Kier molecular flexibility index (Phi) is 3.40. The molecule has 1 amide bonds. The minimum absolute atomic E-state index is 0.0872. The zero-order valence-corrected chi connectivity index (χ0v) is 13.9. The van der Waals surface area contributed by atoms with E-state index in [2.05, 4.69) is 31.5 Å². The van der Waals surface area contributed by atoms with Gasteiger partial charge in [0, 0.05) is 26.2 Å². The first-order valence-electron chi connectivity index (χ1n) is 8.09. The zero-order chi connectivity index (χ0) is 16.8. The molecule has 3 aromatic heterocycles. The highest BCUT2D eigenvalue weighted by molar-refractivity contribution is 5.74. The predicted molar refractivity (Wildman–Crippen MR) is 87.7 cm³/mol. The van der Waals surface area contributed by atoms with E-state index in [-0.39, 0.29) is 18.1 Å². The maximum absolute atomic E-state index is 11.8. The summed E-state index contributed by atoms with van der Waals surface area (Å²) in [6.45, 7) is 2.17. The number of carbonyl (C=O) groups excluding carboxylic acids is 1. The highest BCUT2D eigenvalue weighted by Gasteiger charge is 2.37. The number of aromatic amines is 1. The Morgan fingerprint density at radius 2 is 2.21 bits per heavy atom. The zero-order valence-electron chi connectivity index (χ0n) is 13.9. The topological polar surface area (TPSA) is 88.4 Å². The maximum Gasteiger partial charge on any atom is 0.409 e. The van der Waals surface area contributed by atoms with Crippen molar-refractivity contribution in [3.05, 3.63) is 24.3 Å². The molecule has 0 aromatic carbocycles. The smallest absolute Gasteiger partial charge is 0.409 e. The number of nitrogens with zero attached hydrogens (tertiary/aromatic N) is 5. The third-order valence-corrected chi connectivity index (χ3v) is 4.77. The Morgan fingerprint density at radius 3 is 3.00 bits per heavy atom. The van der Waals surface area contributed by atoms with Gasteiger partial charge in [0.1, 0.15) is 11.9 Å². The van der Waals surface area contributed by atoms with E-state index in [4.69, 9.17) is 4.74 Å². The van der Waals surface area contributed by atoms with Crippen LogP contribution >= 0.6 is 0 Å². The molecule has 0 radical (unpaired) electrons. The lowest BCUT2D eigenvalue weighted by Gasteiger charge is -2.16. The molecule has 1 aliphatic rings. The van der Waals surface area contributed by atoms with Crippen LogP contribution in [0, 0.1) is 5.92 Å². The number of nitrogens with one attached hydrogen (secondary N) is 1. The van der Waals surface area contributed by atoms with Gasteiger partial charge in [-0.05, 0) is 24.8 Å². The number of fused-ring (bicyclic) bond motifs is 3. The Morgan fingerprint density at radius 1 is 1.38 bits per heavy atom. The standard InChI is InChI=1S/C16H20N6O2/c1-9-6-10(24-16(23)21(2)3)7-11(9)15-20-19-13-8-18-14-12(22(13)15)4-5-17-14/h4-5,8-11,17H,6-7H2,1-3H3/t9-,10-,11+/m1/s1. The van der Waals surface area contributed by atoms with Gasteiger partial charge in [-0.15, -0.1) is 10.2 Å². The van der Waals surface area contributed by atoms with Crippen LogP contribution < -0.4 is 0 Å². The van der Waals surface area contributed by atoms with Crippen LogP contribution in [-0.2, 0) is 4.74 Å². The van der Waals surface area contributed by atoms with Crippen LogP contribution in [0.2, 0.25) is 0 Å². The highest BCUT2D eigenvalue weighted by Crippen LogP contribution is 2.40. The Hall–Kier alpha value is -2.64. The van der Waals surface area contributed by atoms with E-state index >= 15 is 0 Å². The van der Waals surface area contributed by atoms with Gasteiger partial charge in [0.25, 0.3) is 0 Å². The van der Waals surface area contributed by atoms with Gasteiger partial charge < -0.3 is 14.6 Å². The lowest BCUT2D eigenvalue weighted by atomic mass is 9.97. The van der Waals surface area contributed by atoms with Crippen LogP contribution in [0.25, 0.3) is 16.8 Å². The molecule has 1 fully saturated rings. The summed E-state index contributed by atoms with van der Waals surface area (Å²) in [7, 11) is 3.39. The van der Waals surface area contributed by atoms with Crippen molar-refractivity contribution in [2.75, 3.05) is 14.1 Å². The molecule has 3 atom stereocenters. The number of hydrogen-bond donors (Lipinski definition) is 1. The molecule has 126 valence electrons. The van der Waals surface area contributed by atoms with E-state index in [0.717, 1.165) is 35.5 Å². The Labute approximate surface area is 138 Å². The average molecular weight is 328 g/mol. The third-order valence-electron chi connectivity index (χ3n) is 4.77. The normalized spacial score (nSPS) is 23.9. The lowest BCUT2D eigenvalue weighted by molar-refractivity contribution is 0.0757. The molecule has 8 nitrogen and oxygen atoms in total. The molecule has 4 rings (SSSR count). The van der Waals surface area contributed by atoms with Crippen LogP contribution in [0.1, 0.15) is 31.5 Å². The molecule has 1 saturated carbocycles. The third kappa shape index (κ3) is 2.29. The summed E-state index contributed by atoms with van der Waals surface area (Å²) in [5.41, 5.74) is 2.51. The number of rotatable bonds is 2. The van der Waals surface area contributed by atoms with Crippen molar-refractivity contribution in [1.82, 2.24) is 29.5 Å². The van der Waals surface area contributed by atoms with Crippen molar-refractivity contribution in [2.45, 2.75) is 31.8 Å². The number of amides is 1. The average Bonchev–Trinajstić information content (AvgIpc) is 3.23. The van der Waals surface area contributed by atoms with Gasteiger partial charge in [-0.1, -0.05) is 6.92 Å². The SMILES string of the molecule is C[C@@H]1C[C@@H](OC(=O)N(C)C)C[C@@H]1c1nnc2cnc3[nH]ccc3n12. The first-order valence-corrected chi connectivity index (χ1v) is 8.09. The molecule has 3 aromatic rings. The highest BCUT2D eigenvalue weighted by atomic mass is 16.6. The van der Waals surface area contributed by atoms with E-state index in [1.165, 1.54) is 4.90 Å². The number of hydrogen-bond acceptors (Lipinski definition) is 5. The summed E-state index contributed by atoms with van der Waals surface area (Å²) in [5.74, 6) is 1.47. The summed E-state index contributed by atoms with van der Waals surface area (Å²) < 4.78 is 7.62. The summed E-state index contributed by atoms with van der Waals surface area (Å²) in [6, 6.07) is 1.98. The van der Waals surface area contributed by atoms with Gasteiger partial charge in [-0.25, -0.2) is 9.78 Å². The summed E-state index contributed by atoms with van der Waals surface area (Å²) >= 11 is 0. The number of carbonyl (C=O) groups is 1. The quantitative estimate of drug-likeness (QED) is 0.779. The van der Waals surface area contributed by atoms with E-state index in [1.54, 1.807) is 20.3 Å². The first-order chi connectivity index (χ1) is 11.5. The van der Waals surface area contributed by atoms with E-state index < -0.39 is 0 Å². The number of ether oxygens (including phenoxy) is 1. The van der Waals surface area contributed by atoms with E-state index in [9.17, 15) is 4.79 Å². The van der Waals surface area contributed by atoms with Gasteiger partial charge in [0.15, 0.2) is 11.3 Å². The second-order valence-corrected chi connectivity index (χ2v) is 6.68. The molecule has 0 saturated heterocycles. The Balaban J connectivity index is 1.67. The van der Waals surface area contributed by atoms with Crippen LogP contribution in [0.4, 0.5) is 4.79 Å². The van der Waals surface area contributed by atoms with Gasteiger partial charge >= 0.3 is 6.09 Å². The molecule has 24 heavy (non-hydrogen) atoms. The molecule has 1 aliphatic carbocycles. The summed E-state index contributed by atoms with van der Waals surface area (Å²) in [5, 5.41) is 8.68. The van der Waals surface area contributed by atoms with Crippen molar-refractivity contribution >= 4 is 22.9 Å². The fourth-order valence-electron chi connectivity index (χ4n) is 3.53. The van der Waals surface area contributed by atoms with Crippen LogP contribution in [0.3, 0.4) is 0 Å². The van der Waals surface area contributed by atoms with Gasteiger partial charge in [0.2, 0.25) is 0 Å². The molecule has 0 aliphatic heterocycles. The number of H-pyrrole nitrogens is 1. The largest absolute Gasteiger partial charge is 0.446 e. The van der Waals surface area contributed by atoms with Gasteiger partial charge in [-0.2, -0.15) is 0 Å². The minimum Gasteiger partial charge on any atom is -0.446 e. The molecule has 0 unspecified atom stereocenters. The molecule has 0 bridgehead atoms. The van der Waals surface area contributed by atoms with E-state index in [1.807, 2.05) is 12.3 Å². The second-order valence-electron chi connectivity index (χ2n) is 6.68. The summed E-state index contributed by atoms with van der Waals surface area (Å²) in [4.78, 5) is 20.7. The molecular formula is C16H20N6O2. The number of aromatic nitrogens is 5. The van der Waals surface area contributed by atoms with E-state index in [0.29, 0.717) is 5.92 Å². The summed E-state index contributed by atoms with van der Waals surface area (Å²) in [6.07, 6.45) is 4.79. The fraction of sp³-hybridized carbons (Fsp3) is 0.500. The molecule has 8 heteroatoms. The van der Waals surface area contributed by atoms with Gasteiger partial charge in [-0.3, -0.25) is 4.40 Å². The fourth-order valence-corrected chi connectivity index (χ4v) is 3.53.